The third-order valence-corrected chi connectivity index (χ3v) is 2.96. The molecule has 0 bridgehead atoms. The van der Waals surface area contributed by atoms with Crippen molar-refractivity contribution in [3.8, 4) is 6.07 Å². The second-order valence-electron chi connectivity index (χ2n) is 4.02. The van der Waals surface area contributed by atoms with Crippen molar-refractivity contribution < 1.29 is 14.3 Å². The van der Waals surface area contributed by atoms with Gasteiger partial charge in [0.15, 0.2) is 6.61 Å². The Morgan fingerprint density at radius 2 is 2.00 bits per heavy atom. The van der Waals surface area contributed by atoms with Crippen molar-refractivity contribution in [1.82, 2.24) is 0 Å². The third-order valence-electron chi connectivity index (χ3n) is 2.43. The van der Waals surface area contributed by atoms with Gasteiger partial charge in [-0.25, -0.2) is 4.79 Å². The van der Waals surface area contributed by atoms with E-state index in [9.17, 15) is 9.59 Å². The predicted molar refractivity (Wildman–Crippen MR) is 78.7 cm³/mol. The maximum atomic E-state index is 11.9. The second-order valence-corrected chi connectivity index (χ2v) is 4.86. The van der Waals surface area contributed by atoms with E-state index in [1.54, 1.807) is 6.07 Å². The van der Waals surface area contributed by atoms with Crippen LogP contribution in [-0.2, 0) is 9.53 Å². The van der Waals surface area contributed by atoms with E-state index in [0.717, 1.165) is 0 Å². The summed E-state index contributed by atoms with van der Waals surface area (Å²) >= 11 is 11.6. The predicted octanol–water partition coefficient (Wildman–Crippen LogP) is 2.06. The molecule has 4 N–H and O–H groups in total. The molecule has 0 saturated heterocycles. The fraction of sp³-hybridized carbons (Fsp3) is 0.154. The molecular formula is C13H11Cl2N3O3. The smallest absolute Gasteiger partial charge is 0.340 e. The lowest BCUT2D eigenvalue weighted by Crippen LogP contribution is -2.18. The number of Topliss-reactive ketones (excluding diaryl/α,β-unsaturated/α-hetero) is 1. The zero-order valence-electron chi connectivity index (χ0n) is 10.9. The van der Waals surface area contributed by atoms with Gasteiger partial charge >= 0.3 is 5.97 Å². The van der Waals surface area contributed by atoms with E-state index in [-0.39, 0.29) is 32.6 Å². The Morgan fingerprint density at radius 1 is 1.38 bits per heavy atom. The third kappa shape index (κ3) is 4.12. The first-order valence-electron chi connectivity index (χ1n) is 5.59. The van der Waals surface area contributed by atoms with Crippen molar-refractivity contribution in [3.63, 3.8) is 0 Å². The topological polar surface area (TPSA) is 119 Å². The first kappa shape index (κ1) is 16.8. The minimum absolute atomic E-state index is 0.00966. The van der Waals surface area contributed by atoms with Gasteiger partial charge in [-0.1, -0.05) is 23.2 Å². The van der Waals surface area contributed by atoms with Gasteiger partial charge in [-0.15, -0.1) is 0 Å². The molecule has 0 amide bonds. The van der Waals surface area contributed by atoms with E-state index >= 15 is 0 Å². The van der Waals surface area contributed by atoms with Gasteiger partial charge in [-0.2, -0.15) is 5.26 Å². The Labute approximate surface area is 130 Å². The first-order valence-corrected chi connectivity index (χ1v) is 6.34. The number of hydrogen-bond donors (Lipinski definition) is 2. The molecule has 0 unspecified atom stereocenters. The van der Waals surface area contributed by atoms with Crippen molar-refractivity contribution >= 4 is 40.6 Å². The zero-order chi connectivity index (χ0) is 16.2. The van der Waals surface area contributed by atoms with E-state index in [1.807, 2.05) is 0 Å². The molecule has 0 aliphatic rings. The fourth-order valence-electron chi connectivity index (χ4n) is 1.41. The molecule has 6 nitrogen and oxygen atoms in total. The number of rotatable bonds is 4. The molecule has 110 valence electrons. The molecule has 0 radical (unpaired) electrons. The van der Waals surface area contributed by atoms with Crippen molar-refractivity contribution in [2.24, 2.45) is 5.73 Å². The largest absolute Gasteiger partial charge is 0.454 e. The number of nitrogen functional groups attached to an aromatic ring is 1. The van der Waals surface area contributed by atoms with Crippen molar-refractivity contribution in [2.75, 3.05) is 12.3 Å². The molecule has 0 atom stereocenters. The maximum absolute atomic E-state index is 11.9. The van der Waals surface area contributed by atoms with Gasteiger partial charge in [0.05, 0.1) is 16.3 Å². The van der Waals surface area contributed by atoms with Gasteiger partial charge in [-0.05, 0) is 19.1 Å². The molecular weight excluding hydrogens is 317 g/mol. The molecule has 0 aliphatic heterocycles. The van der Waals surface area contributed by atoms with Crippen LogP contribution in [0, 0.1) is 11.3 Å². The highest BCUT2D eigenvalue weighted by Gasteiger charge is 2.18. The van der Waals surface area contributed by atoms with Crippen LogP contribution < -0.4 is 11.5 Å². The monoisotopic (exact) mass is 327 g/mol. The lowest BCUT2D eigenvalue weighted by Gasteiger charge is -2.08. The standard InChI is InChI=1S/C13H11Cl2N3O3/c1-6(17)9(4-16)11(19)5-21-13(20)8-2-7(14)3-10(15)12(8)18/h2-3H,5,17-18H2,1H3/b9-6+. The van der Waals surface area contributed by atoms with Gasteiger partial charge in [0, 0.05) is 10.7 Å². The molecule has 0 fully saturated rings. The molecule has 21 heavy (non-hydrogen) atoms. The normalized spacial score (nSPS) is 11.3. The number of ether oxygens (including phenoxy) is 1. The van der Waals surface area contributed by atoms with Crippen LogP contribution in [0.15, 0.2) is 23.4 Å². The molecule has 0 spiro atoms. The molecule has 0 aromatic heterocycles. The Bertz CT molecular complexity index is 674. The van der Waals surface area contributed by atoms with E-state index < -0.39 is 18.4 Å². The van der Waals surface area contributed by atoms with Crippen LogP contribution in [0.4, 0.5) is 5.69 Å². The van der Waals surface area contributed by atoms with E-state index in [2.05, 4.69) is 0 Å². The van der Waals surface area contributed by atoms with Gasteiger partial charge < -0.3 is 16.2 Å². The number of hydrogen-bond acceptors (Lipinski definition) is 6. The van der Waals surface area contributed by atoms with Gasteiger partial charge in [0.1, 0.15) is 11.6 Å². The van der Waals surface area contributed by atoms with Gasteiger partial charge in [-0.3, -0.25) is 4.79 Å². The first-order chi connectivity index (χ1) is 9.77. The second kappa shape index (κ2) is 6.97. The number of benzene rings is 1. The van der Waals surface area contributed by atoms with Crippen LogP contribution >= 0.6 is 23.2 Å². The van der Waals surface area contributed by atoms with Crippen LogP contribution in [0.5, 0.6) is 0 Å². The molecule has 1 rings (SSSR count). The summed E-state index contributed by atoms with van der Waals surface area (Å²) in [4.78, 5) is 23.5. The fourth-order valence-corrected chi connectivity index (χ4v) is 1.90. The van der Waals surface area contributed by atoms with Crippen LogP contribution in [0.25, 0.3) is 0 Å². The Balaban J connectivity index is 2.88. The highest BCUT2D eigenvalue weighted by molar-refractivity contribution is 6.37. The lowest BCUT2D eigenvalue weighted by atomic mass is 10.1. The summed E-state index contributed by atoms with van der Waals surface area (Å²) in [6, 6.07) is 4.28. The number of anilines is 1. The molecule has 1 aromatic carbocycles. The van der Waals surface area contributed by atoms with E-state index in [4.69, 9.17) is 44.7 Å². The van der Waals surface area contributed by atoms with E-state index in [0.29, 0.717) is 0 Å². The van der Waals surface area contributed by atoms with Crippen molar-refractivity contribution in [2.45, 2.75) is 6.92 Å². The number of halogens is 2. The molecule has 1 aromatic rings. The summed E-state index contributed by atoms with van der Waals surface area (Å²) < 4.78 is 4.79. The lowest BCUT2D eigenvalue weighted by molar-refractivity contribution is -0.118. The minimum Gasteiger partial charge on any atom is -0.454 e. The summed E-state index contributed by atoms with van der Waals surface area (Å²) in [5, 5.41) is 9.05. The summed E-state index contributed by atoms with van der Waals surface area (Å²) in [5.74, 6) is -1.59. The zero-order valence-corrected chi connectivity index (χ0v) is 12.5. The van der Waals surface area contributed by atoms with Gasteiger partial charge in [0.25, 0.3) is 0 Å². The summed E-state index contributed by atoms with van der Waals surface area (Å²) in [6.45, 7) is 0.757. The molecule has 0 saturated carbocycles. The average Bonchev–Trinajstić information content (AvgIpc) is 2.40. The summed E-state index contributed by atoms with van der Waals surface area (Å²) in [5.41, 5.74) is 10.7. The number of carbonyl (C=O) groups excluding carboxylic acids is 2. The highest BCUT2D eigenvalue weighted by atomic mass is 35.5. The Hall–Kier alpha value is -2.23. The highest BCUT2D eigenvalue weighted by Crippen LogP contribution is 2.28. The Morgan fingerprint density at radius 3 is 2.52 bits per heavy atom. The molecule has 0 heterocycles. The SMILES string of the molecule is C/C(N)=C(/C#N)C(=O)COC(=O)c1cc(Cl)cc(Cl)c1N. The number of ketones is 1. The number of nitrogens with two attached hydrogens (primary N) is 2. The summed E-state index contributed by atoms with van der Waals surface area (Å²) in [6.07, 6.45) is 0. The number of carbonyl (C=O) groups is 2. The van der Waals surface area contributed by atoms with E-state index in [1.165, 1.54) is 19.1 Å². The minimum atomic E-state index is -0.878. The number of nitrogens with zero attached hydrogens (tertiary/aromatic N) is 1. The number of esters is 1. The van der Waals surface area contributed by atoms with Crippen molar-refractivity contribution in [3.05, 3.63) is 39.0 Å². The van der Waals surface area contributed by atoms with Gasteiger partial charge in [0.2, 0.25) is 5.78 Å². The van der Waals surface area contributed by atoms with Crippen LogP contribution in [0.1, 0.15) is 17.3 Å². The average molecular weight is 328 g/mol. The van der Waals surface area contributed by atoms with Crippen LogP contribution in [0.3, 0.4) is 0 Å². The van der Waals surface area contributed by atoms with Crippen molar-refractivity contribution in [1.29, 1.82) is 5.26 Å². The Kier molecular flexibility index (Phi) is 5.59. The summed E-state index contributed by atoms with van der Waals surface area (Å²) in [7, 11) is 0. The molecule has 8 heteroatoms. The maximum Gasteiger partial charge on any atom is 0.340 e. The van der Waals surface area contributed by atoms with Crippen LogP contribution in [0.2, 0.25) is 10.0 Å². The number of nitriles is 1. The quantitative estimate of drug-likeness (QED) is 0.378. The number of allylic oxidation sites excluding steroid dienone is 1. The van der Waals surface area contributed by atoms with Crippen LogP contribution in [-0.4, -0.2) is 18.4 Å². The molecule has 0 aliphatic carbocycles.